The Morgan fingerprint density at radius 2 is 1.75 bits per heavy atom. The van der Waals surface area contributed by atoms with Gasteiger partial charge in [0.1, 0.15) is 0 Å². The zero-order valence-corrected chi connectivity index (χ0v) is 15.2. The highest BCUT2D eigenvalue weighted by Gasteiger charge is 2.35. The van der Waals surface area contributed by atoms with Gasteiger partial charge in [0.05, 0.1) is 0 Å². The quantitative estimate of drug-likeness (QED) is 0.455. The predicted molar refractivity (Wildman–Crippen MR) is 106 cm³/mol. The number of unbranched alkanes of at least 4 members (excludes halogenated alkanes) is 1. The number of fused-ring (bicyclic) bond motifs is 5. The second-order valence-electron chi connectivity index (χ2n) is 8.15. The van der Waals surface area contributed by atoms with Gasteiger partial charge in [0.15, 0.2) is 0 Å². The van der Waals surface area contributed by atoms with Gasteiger partial charge in [-0.05, 0) is 63.3 Å². The first-order valence-electron chi connectivity index (χ1n) is 9.56. The zero-order chi connectivity index (χ0) is 16.7. The molecule has 0 radical (unpaired) electrons. The van der Waals surface area contributed by atoms with Gasteiger partial charge in [-0.25, -0.2) is 0 Å². The fraction of sp³-hybridized carbons (Fsp3) is 0.417. The maximum atomic E-state index is 2.50. The van der Waals surface area contributed by atoms with Gasteiger partial charge in [0, 0.05) is 0 Å². The summed E-state index contributed by atoms with van der Waals surface area (Å²) in [6, 6.07) is 18.3. The van der Waals surface area contributed by atoms with E-state index in [0.29, 0.717) is 5.41 Å². The van der Waals surface area contributed by atoms with Crippen molar-refractivity contribution in [1.82, 2.24) is 0 Å². The summed E-state index contributed by atoms with van der Waals surface area (Å²) in [5.41, 5.74) is 3.59. The molecule has 0 aliphatic heterocycles. The smallest absolute Gasteiger partial charge is 0.00697 e. The molecule has 0 nitrogen and oxygen atoms in total. The molecule has 0 heteroatoms. The van der Waals surface area contributed by atoms with Crippen LogP contribution in [0.25, 0.3) is 21.5 Å². The van der Waals surface area contributed by atoms with Crippen LogP contribution in [0.1, 0.15) is 57.6 Å². The highest BCUT2D eigenvalue weighted by Crippen LogP contribution is 2.46. The van der Waals surface area contributed by atoms with Gasteiger partial charge in [-0.3, -0.25) is 0 Å². The van der Waals surface area contributed by atoms with E-state index < -0.39 is 0 Å². The summed E-state index contributed by atoms with van der Waals surface area (Å²) in [5, 5.41) is 5.66. The lowest BCUT2D eigenvalue weighted by atomic mass is 9.64. The minimum absolute atomic E-state index is 0.350. The number of benzene rings is 3. The summed E-state index contributed by atoms with van der Waals surface area (Å²) in [4.78, 5) is 0. The van der Waals surface area contributed by atoms with E-state index in [2.05, 4.69) is 69.3 Å². The number of hydrogen-bond acceptors (Lipinski definition) is 0. The van der Waals surface area contributed by atoms with E-state index in [1.165, 1.54) is 53.6 Å². The summed E-state index contributed by atoms with van der Waals surface area (Å²) >= 11 is 0. The lowest BCUT2D eigenvalue weighted by Gasteiger charge is -2.40. The van der Waals surface area contributed by atoms with Crippen LogP contribution in [0.4, 0.5) is 0 Å². The van der Waals surface area contributed by atoms with Crippen molar-refractivity contribution in [3.63, 3.8) is 0 Å². The van der Waals surface area contributed by atoms with Crippen LogP contribution in [0.2, 0.25) is 0 Å². The van der Waals surface area contributed by atoms with Crippen LogP contribution in [0.3, 0.4) is 0 Å². The molecule has 0 fully saturated rings. The maximum Gasteiger partial charge on any atom is -0.00697 e. The van der Waals surface area contributed by atoms with Crippen LogP contribution >= 0.6 is 0 Å². The second kappa shape index (κ2) is 5.92. The van der Waals surface area contributed by atoms with Gasteiger partial charge in [-0.2, -0.15) is 0 Å². The van der Waals surface area contributed by atoms with Crippen molar-refractivity contribution < 1.29 is 0 Å². The molecule has 0 aromatic heterocycles. The first-order chi connectivity index (χ1) is 11.6. The third-order valence-corrected chi connectivity index (χ3v) is 6.12. The van der Waals surface area contributed by atoms with E-state index in [1.807, 2.05) is 0 Å². The third kappa shape index (κ3) is 2.44. The average Bonchev–Trinajstić information content (AvgIpc) is 2.59. The molecule has 3 aromatic rings. The van der Waals surface area contributed by atoms with Crippen LogP contribution in [0.15, 0.2) is 48.5 Å². The Morgan fingerprint density at radius 1 is 0.958 bits per heavy atom. The average molecular weight is 316 g/mol. The molecule has 0 heterocycles. The van der Waals surface area contributed by atoms with Crippen LogP contribution in [-0.4, -0.2) is 0 Å². The van der Waals surface area contributed by atoms with Gasteiger partial charge in [0.25, 0.3) is 0 Å². The van der Waals surface area contributed by atoms with Crippen molar-refractivity contribution in [2.45, 2.75) is 58.3 Å². The first kappa shape index (κ1) is 15.7. The highest BCUT2D eigenvalue weighted by atomic mass is 14.4. The van der Waals surface area contributed by atoms with Crippen molar-refractivity contribution >= 4 is 21.5 Å². The fourth-order valence-corrected chi connectivity index (χ4v) is 5.04. The van der Waals surface area contributed by atoms with Crippen LogP contribution in [0.5, 0.6) is 0 Å². The topological polar surface area (TPSA) is 0 Å². The lowest BCUT2D eigenvalue weighted by Crippen LogP contribution is -2.31. The number of rotatable bonds is 3. The Labute approximate surface area is 145 Å². The fourth-order valence-electron chi connectivity index (χ4n) is 5.04. The molecule has 0 saturated carbocycles. The van der Waals surface area contributed by atoms with Gasteiger partial charge >= 0.3 is 0 Å². The molecule has 0 spiro atoms. The molecular formula is C24H28. The van der Waals surface area contributed by atoms with E-state index >= 15 is 0 Å². The van der Waals surface area contributed by atoms with Crippen LogP contribution in [-0.2, 0) is 11.8 Å². The van der Waals surface area contributed by atoms with E-state index in [9.17, 15) is 0 Å². The Kier molecular flexibility index (Phi) is 3.87. The molecule has 1 aliphatic rings. The molecular weight excluding hydrogens is 288 g/mol. The largest absolute Gasteiger partial charge is 0.0654 e. The normalized spacial score (nSPS) is 23.5. The number of hydrogen-bond donors (Lipinski definition) is 0. The lowest BCUT2D eigenvalue weighted by molar-refractivity contribution is 0.299. The van der Waals surface area contributed by atoms with E-state index in [4.69, 9.17) is 0 Å². The second-order valence-corrected chi connectivity index (χ2v) is 8.15. The molecule has 0 amide bonds. The summed E-state index contributed by atoms with van der Waals surface area (Å²) in [6.45, 7) is 7.25. The molecule has 0 saturated heterocycles. The molecule has 3 aromatic carbocycles. The Hall–Kier alpha value is -1.82. The summed E-state index contributed by atoms with van der Waals surface area (Å²) in [6.07, 6.45) is 6.50. The highest BCUT2D eigenvalue weighted by molar-refractivity contribution is 6.08. The molecule has 0 bridgehead atoms. The Bertz CT molecular complexity index is 889. The molecule has 0 N–H and O–H groups in total. The third-order valence-electron chi connectivity index (χ3n) is 6.12. The van der Waals surface area contributed by atoms with Crippen molar-refractivity contribution in [1.29, 1.82) is 0 Å². The SMILES string of the molecule is CCCCC1(C)CC(C)Cc2c1ccc1c2ccc2ccccc21. The van der Waals surface area contributed by atoms with Crippen LogP contribution < -0.4 is 0 Å². The van der Waals surface area contributed by atoms with E-state index in [0.717, 1.165) is 5.92 Å². The van der Waals surface area contributed by atoms with Gasteiger partial charge < -0.3 is 0 Å². The molecule has 1 aliphatic carbocycles. The van der Waals surface area contributed by atoms with Crippen molar-refractivity contribution in [2.75, 3.05) is 0 Å². The van der Waals surface area contributed by atoms with E-state index in [-0.39, 0.29) is 0 Å². The van der Waals surface area contributed by atoms with Crippen molar-refractivity contribution in [3.8, 4) is 0 Å². The monoisotopic (exact) mass is 316 g/mol. The molecule has 2 unspecified atom stereocenters. The van der Waals surface area contributed by atoms with Gasteiger partial charge in [-0.1, -0.05) is 82.1 Å². The minimum Gasteiger partial charge on any atom is -0.0654 e. The maximum absolute atomic E-state index is 2.50. The molecule has 4 rings (SSSR count). The molecule has 124 valence electrons. The minimum atomic E-state index is 0.350. The van der Waals surface area contributed by atoms with E-state index in [1.54, 1.807) is 11.1 Å². The van der Waals surface area contributed by atoms with Crippen molar-refractivity contribution in [2.24, 2.45) is 5.92 Å². The van der Waals surface area contributed by atoms with Crippen molar-refractivity contribution in [3.05, 3.63) is 59.7 Å². The summed E-state index contributed by atoms with van der Waals surface area (Å²) in [7, 11) is 0. The van der Waals surface area contributed by atoms with Gasteiger partial charge in [0.2, 0.25) is 0 Å². The van der Waals surface area contributed by atoms with Gasteiger partial charge in [-0.15, -0.1) is 0 Å². The summed E-state index contributed by atoms with van der Waals surface area (Å²) in [5.74, 6) is 0.774. The standard InChI is InChI=1S/C24H28/c1-4-5-14-24(3)16-17(2)15-22-21-11-10-18-8-6-7-9-19(18)20(21)12-13-23(22)24/h6-13,17H,4-5,14-16H2,1-3H3. The Morgan fingerprint density at radius 3 is 2.58 bits per heavy atom. The summed E-state index contributed by atoms with van der Waals surface area (Å²) < 4.78 is 0. The molecule has 24 heavy (non-hydrogen) atoms. The zero-order valence-electron chi connectivity index (χ0n) is 15.2. The molecule has 2 atom stereocenters. The van der Waals surface area contributed by atoms with Crippen LogP contribution in [0, 0.1) is 5.92 Å². The predicted octanol–water partition coefficient (Wildman–Crippen LogP) is 7.02. The Balaban J connectivity index is 1.96. The first-order valence-corrected chi connectivity index (χ1v) is 9.56.